The molecule has 1 aliphatic heterocycles. The van der Waals surface area contributed by atoms with Gasteiger partial charge in [-0.25, -0.2) is 0 Å². The van der Waals surface area contributed by atoms with Gasteiger partial charge in [0.1, 0.15) is 32.7 Å². The highest BCUT2D eigenvalue weighted by Crippen LogP contribution is 2.43. The van der Waals surface area contributed by atoms with Crippen LogP contribution < -0.4 is 9.80 Å². The molecule has 3 fully saturated rings. The predicted octanol–water partition coefficient (Wildman–Crippen LogP) is 0.0668. The average Bonchev–Trinajstić information content (AvgIpc) is 3.19. The van der Waals surface area contributed by atoms with Crippen LogP contribution in [0.25, 0.3) is 0 Å². The highest BCUT2D eigenvalue weighted by molar-refractivity contribution is 5.32. The summed E-state index contributed by atoms with van der Waals surface area (Å²) in [4.78, 5) is 13.9. The zero-order valence-electron chi connectivity index (χ0n) is 13.7. The maximum absolute atomic E-state index is 10.7. The number of quaternary nitrogens is 2. The lowest BCUT2D eigenvalue weighted by Crippen LogP contribution is -3.29. The van der Waals surface area contributed by atoms with E-state index in [2.05, 4.69) is 0 Å². The molecule has 0 radical (unpaired) electrons. The molecule has 2 aliphatic carbocycles. The molecule has 0 spiro atoms. The van der Waals surface area contributed by atoms with Crippen LogP contribution in [0.2, 0.25) is 0 Å². The first-order valence-electron chi connectivity index (χ1n) is 9.10. The number of hydrogen-bond donors (Lipinski definition) is 2. The number of nitro benzene ring substituents is 1. The average molecular weight is 317 g/mol. The SMILES string of the molecule is O=[N+]([O-])c1ccc(C[NH+]2CC[NH+]([C@@H]3C[C@@H]4CC[C@H]3C4)CC2)cc1. The van der Waals surface area contributed by atoms with Crippen LogP contribution in [0.1, 0.15) is 31.2 Å². The van der Waals surface area contributed by atoms with E-state index in [4.69, 9.17) is 0 Å². The zero-order valence-corrected chi connectivity index (χ0v) is 13.7. The molecule has 124 valence electrons. The van der Waals surface area contributed by atoms with Gasteiger partial charge in [0.25, 0.3) is 5.69 Å². The van der Waals surface area contributed by atoms with Crippen molar-refractivity contribution in [1.82, 2.24) is 0 Å². The van der Waals surface area contributed by atoms with Crippen LogP contribution in [0, 0.1) is 22.0 Å². The second-order valence-corrected chi connectivity index (χ2v) is 7.79. The zero-order chi connectivity index (χ0) is 15.8. The Labute approximate surface area is 137 Å². The van der Waals surface area contributed by atoms with Gasteiger partial charge in [-0.3, -0.25) is 10.1 Å². The summed E-state index contributed by atoms with van der Waals surface area (Å²) in [6, 6.07) is 8.05. The standard InChI is InChI=1S/C18H25N3O2/c22-21(23)17-5-2-14(3-6-17)13-19-7-9-20(10-8-19)18-12-15-1-4-16(18)11-15/h2-3,5-6,15-16,18H,1,4,7-13H2/p+2/t15-,16+,18-/m1/s1. The topological polar surface area (TPSA) is 52.0 Å². The molecule has 0 unspecified atom stereocenters. The van der Waals surface area contributed by atoms with Crippen LogP contribution in [-0.4, -0.2) is 37.1 Å². The third kappa shape index (κ3) is 3.12. The van der Waals surface area contributed by atoms with E-state index in [9.17, 15) is 10.1 Å². The molecular weight excluding hydrogens is 290 g/mol. The number of nitrogens with one attached hydrogen (secondary N) is 2. The van der Waals surface area contributed by atoms with Gasteiger partial charge in [0.05, 0.1) is 11.0 Å². The molecule has 23 heavy (non-hydrogen) atoms. The van der Waals surface area contributed by atoms with Gasteiger partial charge in [-0.2, -0.15) is 0 Å². The van der Waals surface area contributed by atoms with Crippen LogP contribution in [0.5, 0.6) is 0 Å². The van der Waals surface area contributed by atoms with Crippen LogP contribution >= 0.6 is 0 Å². The Morgan fingerprint density at radius 1 is 1.04 bits per heavy atom. The Balaban J connectivity index is 1.29. The van der Waals surface area contributed by atoms with Crippen molar-refractivity contribution in [2.24, 2.45) is 11.8 Å². The number of fused-ring (bicyclic) bond motifs is 2. The molecular formula is C18H27N3O2+2. The molecule has 3 atom stereocenters. The molecule has 2 N–H and O–H groups in total. The molecule has 1 aromatic rings. The molecule has 2 saturated carbocycles. The molecule has 2 bridgehead atoms. The number of non-ortho nitro benzene ring substituents is 1. The summed E-state index contributed by atoms with van der Waals surface area (Å²) in [6.07, 6.45) is 5.97. The minimum atomic E-state index is -0.325. The van der Waals surface area contributed by atoms with Crippen molar-refractivity contribution in [2.45, 2.75) is 38.3 Å². The maximum atomic E-state index is 10.7. The number of rotatable bonds is 4. The van der Waals surface area contributed by atoms with Crippen LogP contribution in [0.3, 0.4) is 0 Å². The van der Waals surface area contributed by atoms with Gasteiger partial charge in [-0.05, 0) is 37.3 Å². The first-order valence-corrected chi connectivity index (χ1v) is 9.10. The highest BCUT2D eigenvalue weighted by atomic mass is 16.6. The van der Waals surface area contributed by atoms with Crippen molar-refractivity contribution < 1.29 is 14.7 Å². The lowest BCUT2D eigenvalue weighted by molar-refractivity contribution is -1.03. The molecule has 1 aromatic carbocycles. The monoisotopic (exact) mass is 317 g/mol. The Morgan fingerprint density at radius 2 is 1.78 bits per heavy atom. The third-order valence-corrected chi connectivity index (χ3v) is 6.46. The van der Waals surface area contributed by atoms with Crippen molar-refractivity contribution in [1.29, 1.82) is 0 Å². The lowest BCUT2D eigenvalue weighted by atomic mass is 9.93. The first kappa shape index (κ1) is 15.1. The Kier molecular flexibility index (Phi) is 4.07. The third-order valence-electron chi connectivity index (χ3n) is 6.46. The highest BCUT2D eigenvalue weighted by Gasteiger charge is 2.46. The molecule has 4 rings (SSSR count). The van der Waals surface area contributed by atoms with Crippen LogP contribution in [0.4, 0.5) is 5.69 Å². The summed E-state index contributed by atoms with van der Waals surface area (Å²) in [5, 5.41) is 10.7. The summed E-state index contributed by atoms with van der Waals surface area (Å²) < 4.78 is 0. The van der Waals surface area contributed by atoms with Crippen molar-refractivity contribution >= 4 is 5.69 Å². The van der Waals surface area contributed by atoms with E-state index in [1.807, 2.05) is 17.0 Å². The van der Waals surface area contributed by atoms with E-state index >= 15 is 0 Å². The molecule has 3 aliphatic rings. The van der Waals surface area contributed by atoms with E-state index in [0.717, 1.165) is 24.4 Å². The van der Waals surface area contributed by atoms with Crippen molar-refractivity contribution in [2.75, 3.05) is 26.2 Å². The fraction of sp³-hybridized carbons (Fsp3) is 0.667. The van der Waals surface area contributed by atoms with E-state index in [0.29, 0.717) is 0 Å². The fourth-order valence-electron chi connectivity index (χ4n) is 5.24. The van der Waals surface area contributed by atoms with Crippen LogP contribution in [-0.2, 0) is 6.54 Å². The predicted molar refractivity (Wildman–Crippen MR) is 87.4 cm³/mol. The van der Waals surface area contributed by atoms with Gasteiger partial charge in [-0.15, -0.1) is 0 Å². The van der Waals surface area contributed by atoms with E-state index in [1.54, 1.807) is 17.0 Å². The normalized spacial score (nSPS) is 36.3. The number of hydrogen-bond acceptors (Lipinski definition) is 2. The first-order chi connectivity index (χ1) is 11.2. The maximum Gasteiger partial charge on any atom is 0.269 e. The van der Waals surface area contributed by atoms with Crippen molar-refractivity contribution in [3.8, 4) is 0 Å². The van der Waals surface area contributed by atoms with Gasteiger partial charge in [0.2, 0.25) is 0 Å². The minimum Gasteiger partial charge on any atom is -0.323 e. The summed E-state index contributed by atoms with van der Waals surface area (Å²) in [5.74, 6) is 2.06. The summed E-state index contributed by atoms with van der Waals surface area (Å²) in [7, 11) is 0. The summed E-state index contributed by atoms with van der Waals surface area (Å²) in [6.45, 7) is 6.08. The summed E-state index contributed by atoms with van der Waals surface area (Å²) in [5.41, 5.74) is 1.41. The second-order valence-electron chi connectivity index (χ2n) is 7.79. The molecule has 0 aromatic heterocycles. The van der Waals surface area contributed by atoms with Gasteiger partial charge in [0.15, 0.2) is 0 Å². The van der Waals surface area contributed by atoms with Gasteiger partial charge < -0.3 is 9.80 Å². The minimum absolute atomic E-state index is 0.189. The fourth-order valence-corrected chi connectivity index (χ4v) is 5.24. The number of nitrogens with zero attached hydrogens (tertiary/aromatic N) is 1. The number of piperazine rings is 1. The van der Waals surface area contributed by atoms with Crippen molar-refractivity contribution in [3.63, 3.8) is 0 Å². The van der Waals surface area contributed by atoms with Crippen molar-refractivity contribution in [3.05, 3.63) is 39.9 Å². The Hall–Kier alpha value is -1.46. The Bertz CT molecular complexity index is 566. The van der Waals surface area contributed by atoms with E-state index in [1.165, 1.54) is 57.4 Å². The largest absolute Gasteiger partial charge is 0.323 e. The second kappa shape index (κ2) is 6.21. The van der Waals surface area contributed by atoms with Gasteiger partial charge in [-0.1, -0.05) is 0 Å². The van der Waals surface area contributed by atoms with Crippen LogP contribution in [0.15, 0.2) is 24.3 Å². The van der Waals surface area contributed by atoms with Gasteiger partial charge in [0, 0.05) is 30.0 Å². The molecule has 5 nitrogen and oxygen atoms in total. The van der Waals surface area contributed by atoms with E-state index in [-0.39, 0.29) is 10.6 Å². The summed E-state index contributed by atoms with van der Waals surface area (Å²) >= 11 is 0. The smallest absolute Gasteiger partial charge is 0.269 e. The van der Waals surface area contributed by atoms with E-state index < -0.39 is 0 Å². The quantitative estimate of drug-likeness (QED) is 0.610. The lowest BCUT2D eigenvalue weighted by Gasteiger charge is -2.36. The molecule has 1 heterocycles. The number of benzene rings is 1. The molecule has 1 saturated heterocycles. The number of nitro groups is 1. The Morgan fingerprint density at radius 3 is 2.35 bits per heavy atom. The van der Waals surface area contributed by atoms with Gasteiger partial charge >= 0.3 is 0 Å². The molecule has 0 amide bonds. The molecule has 5 heteroatoms.